The van der Waals surface area contributed by atoms with Gasteiger partial charge in [0.25, 0.3) is 5.91 Å². The molecule has 2 N–H and O–H groups in total. The number of carbonyl (C=O) groups excluding carboxylic acids is 1. The molecule has 1 aliphatic carbocycles. The van der Waals surface area contributed by atoms with Crippen LogP contribution in [-0.4, -0.2) is 10.9 Å². The van der Waals surface area contributed by atoms with Gasteiger partial charge in [0.15, 0.2) is 0 Å². The summed E-state index contributed by atoms with van der Waals surface area (Å²) in [7, 11) is 0. The molecule has 1 amide bonds. The number of fused-ring (bicyclic) bond motifs is 3. The lowest BCUT2D eigenvalue weighted by atomic mass is 9.88. The summed E-state index contributed by atoms with van der Waals surface area (Å²) >= 11 is 1.75. The van der Waals surface area contributed by atoms with Crippen LogP contribution < -0.4 is 10.6 Å². The Bertz CT molecular complexity index is 695. The summed E-state index contributed by atoms with van der Waals surface area (Å²) in [6.07, 6.45) is 6.64. The van der Waals surface area contributed by atoms with Gasteiger partial charge in [-0.15, -0.1) is 11.3 Å². The van der Waals surface area contributed by atoms with E-state index in [-0.39, 0.29) is 12.1 Å². The smallest absolute Gasteiger partial charge is 0.256 e. The maximum atomic E-state index is 12.5. The van der Waals surface area contributed by atoms with Gasteiger partial charge in [-0.05, 0) is 36.8 Å². The first-order valence-electron chi connectivity index (χ1n) is 7.34. The summed E-state index contributed by atoms with van der Waals surface area (Å²) in [5, 5.41) is 7.54. The minimum atomic E-state index is -0.184. The summed E-state index contributed by atoms with van der Waals surface area (Å²) in [5.41, 5.74) is 3.13. The quantitative estimate of drug-likeness (QED) is 0.850. The van der Waals surface area contributed by atoms with Crippen molar-refractivity contribution in [3.05, 3.63) is 46.1 Å². The van der Waals surface area contributed by atoms with Gasteiger partial charge in [-0.25, -0.2) is 0 Å². The predicted molar refractivity (Wildman–Crippen MR) is 83.6 cm³/mol. The Hall–Kier alpha value is -1.88. The van der Waals surface area contributed by atoms with Crippen LogP contribution in [0, 0.1) is 5.92 Å². The van der Waals surface area contributed by atoms with Crippen molar-refractivity contribution in [2.45, 2.75) is 32.4 Å². The fraction of sp³-hybridized carbons (Fsp3) is 0.375. The minimum absolute atomic E-state index is 0.0460. The van der Waals surface area contributed by atoms with E-state index in [9.17, 15) is 4.79 Å². The lowest BCUT2D eigenvalue weighted by Crippen LogP contribution is -2.38. The molecule has 0 saturated heterocycles. The largest absolute Gasteiger partial charge is 0.353 e. The van der Waals surface area contributed by atoms with Crippen molar-refractivity contribution in [1.82, 2.24) is 10.3 Å². The molecular formula is C16H17N3OS. The number of carbonyl (C=O) groups is 1. The number of nitrogens with zero attached hydrogens (tertiary/aromatic N) is 1. The number of hydrogen-bond acceptors (Lipinski definition) is 4. The summed E-state index contributed by atoms with van der Waals surface area (Å²) in [5.74, 6) is 0.763. The van der Waals surface area contributed by atoms with Gasteiger partial charge in [0.2, 0.25) is 0 Å². The Morgan fingerprint density at radius 2 is 2.29 bits per heavy atom. The maximum absolute atomic E-state index is 12.5. The monoisotopic (exact) mass is 299 g/mol. The third-order valence-corrected chi connectivity index (χ3v) is 5.49. The van der Waals surface area contributed by atoms with Crippen molar-refractivity contribution in [1.29, 1.82) is 0 Å². The van der Waals surface area contributed by atoms with Crippen LogP contribution >= 0.6 is 11.3 Å². The average molecular weight is 299 g/mol. The van der Waals surface area contributed by atoms with Gasteiger partial charge in [0, 0.05) is 22.8 Å². The Kier molecular flexibility index (Phi) is 2.96. The molecule has 1 aliphatic heterocycles. The number of hydrogen-bond donors (Lipinski definition) is 2. The van der Waals surface area contributed by atoms with Crippen LogP contribution in [0.5, 0.6) is 0 Å². The van der Waals surface area contributed by atoms with Gasteiger partial charge >= 0.3 is 0 Å². The lowest BCUT2D eigenvalue weighted by molar-refractivity contribution is 0.0935. The highest BCUT2D eigenvalue weighted by Crippen LogP contribution is 2.42. The van der Waals surface area contributed by atoms with Gasteiger partial charge in [-0.1, -0.05) is 13.0 Å². The molecule has 0 aromatic carbocycles. The zero-order chi connectivity index (χ0) is 14.4. The standard InChI is InChI=1S/C16H17N3OS/c1-9-4-5-11-12(7-9)21-16-13(11)15(20)18-14(19-16)10-3-2-6-17-8-10/h2-3,6,8-9,14,19H,4-5,7H2,1H3,(H,18,20). The molecule has 4 nitrogen and oxygen atoms in total. The highest BCUT2D eigenvalue weighted by molar-refractivity contribution is 7.16. The molecule has 5 heteroatoms. The van der Waals surface area contributed by atoms with Crippen LogP contribution in [0.15, 0.2) is 24.5 Å². The van der Waals surface area contributed by atoms with E-state index in [1.807, 2.05) is 12.1 Å². The highest BCUT2D eigenvalue weighted by atomic mass is 32.1. The van der Waals surface area contributed by atoms with Crippen LogP contribution in [0.25, 0.3) is 0 Å². The topological polar surface area (TPSA) is 54.0 Å². The molecule has 2 aromatic rings. The van der Waals surface area contributed by atoms with Crippen LogP contribution in [0.4, 0.5) is 5.00 Å². The number of thiophene rings is 1. The van der Waals surface area contributed by atoms with Gasteiger partial charge < -0.3 is 10.6 Å². The molecule has 0 saturated carbocycles. The molecule has 0 radical (unpaired) electrons. The van der Waals surface area contributed by atoms with E-state index in [2.05, 4.69) is 22.5 Å². The number of aromatic nitrogens is 1. The van der Waals surface area contributed by atoms with Crippen LogP contribution in [0.3, 0.4) is 0 Å². The first-order valence-corrected chi connectivity index (χ1v) is 8.16. The third-order valence-electron chi connectivity index (χ3n) is 4.31. The molecule has 0 bridgehead atoms. The Morgan fingerprint density at radius 1 is 1.38 bits per heavy atom. The molecular weight excluding hydrogens is 282 g/mol. The molecule has 2 aromatic heterocycles. The number of amides is 1. The molecule has 0 spiro atoms. The second-order valence-electron chi connectivity index (χ2n) is 5.89. The number of nitrogens with one attached hydrogen (secondary N) is 2. The predicted octanol–water partition coefficient (Wildman–Crippen LogP) is 3.12. The van der Waals surface area contributed by atoms with Gasteiger partial charge in [0.05, 0.1) is 5.56 Å². The fourth-order valence-corrected chi connectivity index (χ4v) is 4.61. The van der Waals surface area contributed by atoms with Crippen molar-refractivity contribution in [2.24, 2.45) is 5.92 Å². The first kappa shape index (κ1) is 12.8. The zero-order valence-corrected chi connectivity index (χ0v) is 12.7. The van der Waals surface area contributed by atoms with Crippen molar-refractivity contribution in [2.75, 3.05) is 5.32 Å². The Morgan fingerprint density at radius 3 is 3.10 bits per heavy atom. The maximum Gasteiger partial charge on any atom is 0.256 e. The second kappa shape index (κ2) is 4.84. The summed E-state index contributed by atoms with van der Waals surface area (Å²) in [4.78, 5) is 18.0. The molecule has 0 fully saturated rings. The molecule has 21 heavy (non-hydrogen) atoms. The molecule has 2 aliphatic rings. The van der Waals surface area contributed by atoms with Crippen molar-refractivity contribution >= 4 is 22.2 Å². The third kappa shape index (κ3) is 2.12. The zero-order valence-electron chi connectivity index (χ0n) is 11.8. The fourth-order valence-electron chi connectivity index (χ4n) is 3.18. The molecule has 2 atom stereocenters. The highest BCUT2D eigenvalue weighted by Gasteiger charge is 2.32. The molecule has 4 rings (SSSR count). The van der Waals surface area contributed by atoms with Crippen LogP contribution in [0.1, 0.15) is 45.9 Å². The first-order chi connectivity index (χ1) is 10.2. The molecule has 3 heterocycles. The van der Waals surface area contributed by atoms with Crippen molar-refractivity contribution in [3.63, 3.8) is 0 Å². The Balaban J connectivity index is 1.71. The SMILES string of the molecule is CC1CCc2c(sc3c2C(=O)NC(c2cccnc2)N3)C1. The Labute approximate surface area is 127 Å². The van der Waals surface area contributed by atoms with Crippen molar-refractivity contribution < 1.29 is 4.79 Å². The minimum Gasteiger partial charge on any atom is -0.353 e. The number of rotatable bonds is 1. The molecule has 108 valence electrons. The molecule has 2 unspecified atom stereocenters. The number of anilines is 1. The van der Waals surface area contributed by atoms with Crippen LogP contribution in [0.2, 0.25) is 0 Å². The summed E-state index contributed by atoms with van der Waals surface area (Å²) in [6.45, 7) is 2.29. The van der Waals surface area contributed by atoms with E-state index in [0.717, 1.165) is 34.9 Å². The van der Waals surface area contributed by atoms with E-state index >= 15 is 0 Å². The van der Waals surface area contributed by atoms with E-state index in [1.54, 1.807) is 23.7 Å². The lowest BCUT2D eigenvalue weighted by Gasteiger charge is -2.26. The van der Waals surface area contributed by atoms with Crippen molar-refractivity contribution in [3.8, 4) is 0 Å². The normalized spacial score (nSPS) is 23.8. The summed E-state index contributed by atoms with van der Waals surface area (Å²) in [6, 6.07) is 3.87. The number of pyridine rings is 1. The van der Waals surface area contributed by atoms with Gasteiger partial charge in [0.1, 0.15) is 11.2 Å². The second-order valence-corrected chi connectivity index (χ2v) is 7.00. The van der Waals surface area contributed by atoms with Crippen LogP contribution in [-0.2, 0) is 12.8 Å². The van der Waals surface area contributed by atoms with E-state index in [1.165, 1.54) is 16.9 Å². The van der Waals surface area contributed by atoms with E-state index < -0.39 is 0 Å². The van der Waals surface area contributed by atoms with Gasteiger partial charge in [-0.3, -0.25) is 9.78 Å². The van der Waals surface area contributed by atoms with Gasteiger partial charge in [-0.2, -0.15) is 0 Å². The van der Waals surface area contributed by atoms with E-state index in [4.69, 9.17) is 0 Å². The van der Waals surface area contributed by atoms with E-state index in [0.29, 0.717) is 0 Å². The average Bonchev–Trinajstić information content (AvgIpc) is 2.85. The summed E-state index contributed by atoms with van der Waals surface area (Å²) < 4.78 is 0.